The molecule has 0 fully saturated rings. The van der Waals surface area contributed by atoms with Gasteiger partial charge in [0, 0.05) is 31.5 Å². The van der Waals surface area contributed by atoms with Gasteiger partial charge in [0.1, 0.15) is 19.8 Å². The molecule has 0 saturated carbocycles. The summed E-state index contributed by atoms with van der Waals surface area (Å²) in [4.78, 5) is 23.1. The lowest BCUT2D eigenvalue weighted by Crippen LogP contribution is -2.39. The lowest BCUT2D eigenvalue weighted by atomic mass is 10.1. The lowest BCUT2D eigenvalue weighted by Gasteiger charge is -2.09. The van der Waals surface area contributed by atoms with Gasteiger partial charge in [0.25, 0.3) is 0 Å². The number of carbonyl (C=O) groups excluding carboxylic acids is 2. The fourth-order valence-electron chi connectivity index (χ4n) is 3.16. The number of aryl methyl sites for hydroxylation is 1. The Labute approximate surface area is 182 Å². The first kappa shape index (κ1) is 25.9. The van der Waals surface area contributed by atoms with E-state index in [1.165, 1.54) is 57.1 Å². The van der Waals surface area contributed by atoms with Crippen molar-refractivity contribution in [2.45, 2.75) is 85.1 Å². The first-order valence-electron chi connectivity index (χ1n) is 11.6. The summed E-state index contributed by atoms with van der Waals surface area (Å²) in [6, 6.07) is 6.18. The molecular weight excluding hydrogens is 380 g/mol. The van der Waals surface area contributed by atoms with E-state index in [4.69, 9.17) is 9.47 Å². The Kier molecular flexibility index (Phi) is 14.4. The van der Waals surface area contributed by atoms with Crippen molar-refractivity contribution in [3.05, 3.63) is 30.1 Å². The number of aromatic nitrogens is 1. The molecule has 0 saturated heterocycles. The van der Waals surface area contributed by atoms with E-state index in [1.54, 1.807) is 13.8 Å². The zero-order valence-corrected chi connectivity index (χ0v) is 19.2. The maximum absolute atomic E-state index is 11.8. The highest BCUT2D eigenvalue weighted by atomic mass is 16.6. The number of hydrogen-bond donors (Lipinski definition) is 1. The quantitative estimate of drug-likeness (QED) is 0.241. The fourth-order valence-corrected chi connectivity index (χ4v) is 3.16. The largest absolute Gasteiger partial charge is 0.462 e. The topological polar surface area (TPSA) is 68.5 Å². The Balaban J connectivity index is 2.18. The summed E-state index contributed by atoms with van der Waals surface area (Å²) >= 11 is 0. The van der Waals surface area contributed by atoms with Gasteiger partial charge in [0.15, 0.2) is 11.9 Å². The number of esters is 1. The summed E-state index contributed by atoms with van der Waals surface area (Å²) in [6.07, 6.45) is 12.9. The summed E-state index contributed by atoms with van der Waals surface area (Å²) in [5.74, 6) is -0.466. The van der Waals surface area contributed by atoms with Gasteiger partial charge >= 0.3 is 12.1 Å². The summed E-state index contributed by atoms with van der Waals surface area (Å²) in [5.41, 5.74) is 1.20. The van der Waals surface area contributed by atoms with Gasteiger partial charge in [-0.2, -0.15) is 0 Å². The first-order chi connectivity index (χ1) is 14.5. The molecule has 0 spiro atoms. The van der Waals surface area contributed by atoms with Crippen LogP contribution in [0.2, 0.25) is 0 Å². The van der Waals surface area contributed by atoms with Crippen LogP contribution in [0.15, 0.2) is 24.4 Å². The van der Waals surface area contributed by atoms with Gasteiger partial charge in [-0.15, -0.1) is 0 Å². The van der Waals surface area contributed by atoms with Crippen molar-refractivity contribution in [2.75, 3.05) is 19.8 Å². The molecule has 170 valence electrons. The third kappa shape index (κ3) is 12.5. The second-order valence-electron chi connectivity index (χ2n) is 8.00. The Bertz CT molecular complexity index is 605. The molecule has 1 heterocycles. The maximum atomic E-state index is 11.8. The van der Waals surface area contributed by atoms with E-state index in [2.05, 4.69) is 29.1 Å². The van der Waals surface area contributed by atoms with Gasteiger partial charge < -0.3 is 14.8 Å². The van der Waals surface area contributed by atoms with E-state index in [9.17, 15) is 9.59 Å². The summed E-state index contributed by atoms with van der Waals surface area (Å²) in [6.45, 7) is 7.44. The number of ether oxygens (including phenoxy) is 2. The van der Waals surface area contributed by atoms with Gasteiger partial charge in [-0.25, -0.2) is 9.36 Å². The van der Waals surface area contributed by atoms with Crippen LogP contribution < -0.4 is 9.88 Å². The molecule has 0 aromatic carbocycles. The zero-order valence-electron chi connectivity index (χ0n) is 19.2. The number of carbonyl (C=O) groups is 2. The molecule has 0 radical (unpaired) electrons. The number of alkyl carbamates (subject to hydrolysis) is 1. The number of hydrogen-bond acceptors (Lipinski definition) is 4. The van der Waals surface area contributed by atoms with Crippen molar-refractivity contribution in [3.8, 4) is 0 Å². The van der Waals surface area contributed by atoms with Crippen LogP contribution in [0.4, 0.5) is 4.79 Å². The summed E-state index contributed by atoms with van der Waals surface area (Å²) in [7, 11) is 0. The van der Waals surface area contributed by atoms with Crippen molar-refractivity contribution in [3.63, 3.8) is 0 Å². The average Bonchev–Trinajstić information content (AvgIpc) is 2.73. The van der Waals surface area contributed by atoms with E-state index >= 15 is 0 Å². The van der Waals surface area contributed by atoms with Gasteiger partial charge in [0.05, 0.1) is 5.92 Å². The molecule has 6 nitrogen and oxygen atoms in total. The van der Waals surface area contributed by atoms with E-state index in [1.807, 2.05) is 12.1 Å². The number of nitrogens with one attached hydrogen (secondary N) is 1. The van der Waals surface area contributed by atoms with Crippen molar-refractivity contribution in [1.29, 1.82) is 0 Å². The Morgan fingerprint density at radius 2 is 1.63 bits per heavy atom. The third-order valence-electron chi connectivity index (χ3n) is 4.97. The summed E-state index contributed by atoms with van der Waals surface area (Å²) < 4.78 is 12.3. The molecule has 0 atom stereocenters. The maximum Gasteiger partial charge on any atom is 0.407 e. The second-order valence-corrected chi connectivity index (χ2v) is 8.00. The number of amides is 1. The first-order valence-corrected chi connectivity index (χ1v) is 11.6. The standard InChI is InChI=1S/C24H40N2O4/c1-4-5-6-7-8-9-10-12-17-26-18-13-11-14-22(26)15-16-25-24(28)30-20-19-29-23(27)21(2)3/h11,13-14,18,21H,4-10,12,15-17,19-20H2,1-3H3/p+1. The molecule has 0 bridgehead atoms. The Morgan fingerprint density at radius 3 is 2.33 bits per heavy atom. The lowest BCUT2D eigenvalue weighted by molar-refractivity contribution is -0.704. The molecular formula is C24H41N2O4+. The minimum atomic E-state index is -0.485. The molecule has 1 amide bonds. The van der Waals surface area contributed by atoms with E-state index < -0.39 is 6.09 Å². The highest BCUT2D eigenvalue weighted by Crippen LogP contribution is 2.08. The molecule has 6 heteroatoms. The van der Waals surface area contributed by atoms with E-state index in [0.717, 1.165) is 13.0 Å². The normalized spacial score (nSPS) is 10.8. The van der Waals surface area contributed by atoms with Crippen molar-refractivity contribution in [1.82, 2.24) is 5.32 Å². The van der Waals surface area contributed by atoms with Crippen LogP contribution in [0.1, 0.15) is 77.8 Å². The van der Waals surface area contributed by atoms with Crippen molar-refractivity contribution < 1.29 is 23.6 Å². The second kappa shape index (κ2) is 16.7. The number of rotatable bonds is 16. The van der Waals surface area contributed by atoms with Gasteiger partial charge in [0.2, 0.25) is 0 Å². The minimum Gasteiger partial charge on any atom is -0.462 e. The van der Waals surface area contributed by atoms with E-state index in [0.29, 0.717) is 6.54 Å². The number of nitrogens with zero attached hydrogens (tertiary/aromatic N) is 1. The highest BCUT2D eigenvalue weighted by Gasteiger charge is 2.11. The van der Waals surface area contributed by atoms with Crippen molar-refractivity contribution in [2.24, 2.45) is 5.92 Å². The monoisotopic (exact) mass is 421 g/mol. The number of pyridine rings is 1. The van der Waals surface area contributed by atoms with Crippen LogP contribution >= 0.6 is 0 Å². The van der Waals surface area contributed by atoms with Gasteiger partial charge in [-0.3, -0.25) is 4.79 Å². The minimum absolute atomic E-state index is 0.0636. The third-order valence-corrected chi connectivity index (χ3v) is 4.97. The Hall–Kier alpha value is -2.11. The molecule has 0 unspecified atom stereocenters. The molecule has 1 N–H and O–H groups in total. The molecule has 0 aliphatic carbocycles. The van der Waals surface area contributed by atoms with Gasteiger partial charge in [-0.05, 0) is 6.42 Å². The zero-order chi connectivity index (χ0) is 22.0. The van der Waals surface area contributed by atoms with Gasteiger partial charge in [-0.1, -0.05) is 65.4 Å². The highest BCUT2D eigenvalue weighted by molar-refractivity contribution is 5.71. The molecule has 30 heavy (non-hydrogen) atoms. The molecule has 1 aromatic rings. The fraction of sp³-hybridized carbons (Fsp3) is 0.708. The molecule has 1 rings (SSSR count). The summed E-state index contributed by atoms with van der Waals surface area (Å²) in [5, 5.41) is 2.75. The predicted molar refractivity (Wildman–Crippen MR) is 118 cm³/mol. The number of unbranched alkanes of at least 4 members (excludes halogenated alkanes) is 7. The molecule has 0 aliphatic rings. The van der Waals surface area contributed by atoms with E-state index in [-0.39, 0.29) is 25.1 Å². The van der Waals surface area contributed by atoms with Crippen LogP contribution in [-0.4, -0.2) is 31.8 Å². The average molecular weight is 422 g/mol. The van der Waals surface area contributed by atoms with Crippen LogP contribution in [-0.2, 0) is 27.2 Å². The molecule has 1 aromatic heterocycles. The Morgan fingerprint density at radius 1 is 0.967 bits per heavy atom. The molecule has 0 aliphatic heterocycles. The smallest absolute Gasteiger partial charge is 0.407 e. The SMILES string of the molecule is CCCCCCCCCC[n+]1ccccc1CCNC(=O)OCCOC(=O)C(C)C. The van der Waals surface area contributed by atoms with Crippen molar-refractivity contribution >= 4 is 12.1 Å². The van der Waals surface area contributed by atoms with Crippen LogP contribution in [0.3, 0.4) is 0 Å². The van der Waals surface area contributed by atoms with Crippen LogP contribution in [0.5, 0.6) is 0 Å². The van der Waals surface area contributed by atoms with Crippen LogP contribution in [0, 0.1) is 5.92 Å². The predicted octanol–water partition coefficient (Wildman–Crippen LogP) is 4.58. The van der Waals surface area contributed by atoms with Crippen LogP contribution in [0.25, 0.3) is 0 Å².